The zero-order chi connectivity index (χ0) is 20.7. The first-order valence-electron chi connectivity index (χ1n) is 8.75. The highest BCUT2D eigenvalue weighted by Crippen LogP contribution is 2.39. The molecule has 2 aliphatic carbocycles. The number of nitrogens with zero attached hydrogens (tertiary/aromatic N) is 3. The normalized spacial score (nSPS) is 23.1. The molecule has 3 N–H and O–H groups in total. The number of aliphatic hydroxyl groups is 1. The number of hydrogen-bond acceptors (Lipinski definition) is 6. The van der Waals surface area contributed by atoms with E-state index in [1.165, 1.54) is 0 Å². The fourth-order valence-corrected chi connectivity index (χ4v) is 3.00. The smallest absolute Gasteiger partial charge is 0.386 e. The topological polar surface area (TPSA) is 83.0 Å². The summed E-state index contributed by atoms with van der Waals surface area (Å²) in [5.74, 6) is -4.61. The molecule has 1 heterocycles. The monoisotopic (exact) mass is 445 g/mol. The van der Waals surface area contributed by atoms with Gasteiger partial charge in [0.25, 0.3) is 5.92 Å². The van der Waals surface area contributed by atoms with Gasteiger partial charge in [-0.1, -0.05) is 0 Å². The van der Waals surface area contributed by atoms with Gasteiger partial charge in [0, 0.05) is 24.5 Å². The lowest BCUT2D eigenvalue weighted by molar-refractivity contribution is -0.138. The molecule has 2 atom stereocenters. The highest BCUT2D eigenvalue weighted by molar-refractivity contribution is 7.59. The standard InChI is InChI=1S/C16H19F6N5O.H2S/c1-7(16(20,21)22)23-13-25-12(9-3-2-4-10(28)11(9)17)26-14(27-13)24-8-5-15(18,19)6-8;/h7-8,10,28H,2-6H2,1H3,(H2,23,24,25,26,27);1H2/t7-,10?;/m0./s1. The van der Waals surface area contributed by atoms with Crippen LogP contribution in [0, 0.1) is 0 Å². The van der Waals surface area contributed by atoms with Gasteiger partial charge in [-0.15, -0.1) is 0 Å². The molecule has 0 saturated heterocycles. The molecule has 0 aliphatic heterocycles. The maximum absolute atomic E-state index is 14.3. The van der Waals surface area contributed by atoms with Crippen LogP contribution in [0.3, 0.4) is 0 Å². The summed E-state index contributed by atoms with van der Waals surface area (Å²) in [6.45, 7) is 0.854. The third kappa shape index (κ3) is 5.65. The number of allylic oxidation sites excluding steroid dienone is 1. The van der Waals surface area contributed by atoms with Gasteiger partial charge in [0.1, 0.15) is 18.0 Å². The Hall–Kier alpha value is -1.76. The van der Waals surface area contributed by atoms with Crippen LogP contribution in [0.15, 0.2) is 5.83 Å². The van der Waals surface area contributed by atoms with Crippen LogP contribution >= 0.6 is 13.5 Å². The maximum Gasteiger partial charge on any atom is 0.408 e. The summed E-state index contributed by atoms with van der Waals surface area (Å²) >= 11 is 0. The SMILES string of the molecule is C[C@H](Nc1nc(NC2CC(F)(F)C2)nc(C2=C(F)C(O)CCC2)n1)C(F)(F)F.S. The third-order valence-corrected chi connectivity index (χ3v) is 4.65. The van der Waals surface area contributed by atoms with Crippen LogP contribution in [0.4, 0.5) is 38.2 Å². The number of alkyl halides is 5. The molecule has 29 heavy (non-hydrogen) atoms. The molecule has 13 heteroatoms. The molecule has 1 saturated carbocycles. The summed E-state index contributed by atoms with van der Waals surface area (Å²) < 4.78 is 78.8. The molecule has 0 bridgehead atoms. The molecule has 0 amide bonds. The Morgan fingerprint density at radius 1 is 1.14 bits per heavy atom. The zero-order valence-corrected chi connectivity index (χ0v) is 16.3. The van der Waals surface area contributed by atoms with E-state index < -0.39 is 54.9 Å². The van der Waals surface area contributed by atoms with E-state index >= 15 is 0 Å². The fourth-order valence-electron chi connectivity index (χ4n) is 3.00. The average Bonchev–Trinajstić information content (AvgIpc) is 2.54. The van der Waals surface area contributed by atoms with Crippen molar-refractivity contribution in [3.63, 3.8) is 0 Å². The lowest BCUT2D eigenvalue weighted by Gasteiger charge is -2.35. The molecule has 1 aromatic rings. The van der Waals surface area contributed by atoms with Crippen molar-refractivity contribution in [3.05, 3.63) is 11.7 Å². The van der Waals surface area contributed by atoms with Crippen molar-refractivity contribution in [1.82, 2.24) is 15.0 Å². The molecular weight excluding hydrogens is 424 g/mol. The van der Waals surface area contributed by atoms with E-state index in [-0.39, 0.29) is 43.7 Å². The number of aromatic nitrogens is 3. The average molecular weight is 445 g/mol. The Balaban J connectivity index is 0.00000300. The van der Waals surface area contributed by atoms with Crippen molar-refractivity contribution in [3.8, 4) is 0 Å². The van der Waals surface area contributed by atoms with E-state index in [0.29, 0.717) is 6.42 Å². The van der Waals surface area contributed by atoms with Crippen molar-refractivity contribution < 1.29 is 31.4 Å². The molecule has 0 radical (unpaired) electrons. The summed E-state index contributed by atoms with van der Waals surface area (Å²) in [6.07, 6.45) is -6.03. The van der Waals surface area contributed by atoms with Crippen molar-refractivity contribution >= 4 is 31.0 Å². The van der Waals surface area contributed by atoms with Crippen LogP contribution < -0.4 is 10.6 Å². The van der Waals surface area contributed by atoms with Gasteiger partial charge in [0.15, 0.2) is 5.82 Å². The molecule has 2 aliphatic rings. The predicted octanol–water partition coefficient (Wildman–Crippen LogP) is 3.78. The molecule has 1 fully saturated rings. The highest BCUT2D eigenvalue weighted by Gasteiger charge is 2.45. The van der Waals surface area contributed by atoms with Gasteiger partial charge in [-0.3, -0.25) is 0 Å². The summed E-state index contributed by atoms with van der Waals surface area (Å²) in [5.41, 5.74) is -0.0362. The van der Waals surface area contributed by atoms with Gasteiger partial charge in [-0.25, -0.2) is 13.2 Å². The van der Waals surface area contributed by atoms with Gasteiger partial charge in [0.2, 0.25) is 11.9 Å². The Bertz CT molecular complexity index is 767. The Kier molecular flexibility index (Phi) is 6.93. The van der Waals surface area contributed by atoms with Crippen molar-refractivity contribution in [2.45, 2.75) is 69.3 Å². The lowest BCUT2D eigenvalue weighted by atomic mass is 9.88. The quantitative estimate of drug-likeness (QED) is 0.599. The number of halogens is 6. The molecule has 6 nitrogen and oxygen atoms in total. The number of hydrogen-bond donors (Lipinski definition) is 3. The Labute approximate surface area is 169 Å². The number of nitrogens with one attached hydrogen (secondary N) is 2. The third-order valence-electron chi connectivity index (χ3n) is 4.65. The van der Waals surface area contributed by atoms with Crippen LogP contribution in [0.5, 0.6) is 0 Å². The number of aliphatic hydroxyl groups excluding tert-OH is 1. The van der Waals surface area contributed by atoms with E-state index in [4.69, 9.17) is 0 Å². The molecule has 3 rings (SSSR count). The van der Waals surface area contributed by atoms with Gasteiger partial charge in [0.05, 0.1) is 0 Å². The molecule has 1 aromatic heterocycles. The van der Waals surface area contributed by atoms with Crippen LogP contribution in [-0.2, 0) is 0 Å². The van der Waals surface area contributed by atoms with Gasteiger partial charge >= 0.3 is 6.18 Å². The number of anilines is 2. The lowest BCUT2D eigenvalue weighted by Crippen LogP contribution is -2.44. The number of rotatable bonds is 5. The fraction of sp³-hybridized carbons (Fsp3) is 0.688. The van der Waals surface area contributed by atoms with Gasteiger partial charge in [-0.2, -0.15) is 41.6 Å². The van der Waals surface area contributed by atoms with Crippen molar-refractivity contribution in [2.24, 2.45) is 0 Å². The molecule has 1 unspecified atom stereocenters. The predicted molar refractivity (Wildman–Crippen MR) is 98.8 cm³/mol. The van der Waals surface area contributed by atoms with E-state index in [1.807, 2.05) is 0 Å². The van der Waals surface area contributed by atoms with Crippen LogP contribution in [0.1, 0.15) is 44.9 Å². The van der Waals surface area contributed by atoms with Gasteiger partial charge in [-0.05, 0) is 26.2 Å². The molecule has 0 aromatic carbocycles. The van der Waals surface area contributed by atoms with Crippen LogP contribution in [0.2, 0.25) is 0 Å². The highest BCUT2D eigenvalue weighted by atomic mass is 32.1. The summed E-state index contributed by atoms with van der Waals surface area (Å²) in [4.78, 5) is 11.6. The minimum atomic E-state index is -4.58. The first-order valence-corrected chi connectivity index (χ1v) is 8.75. The summed E-state index contributed by atoms with van der Waals surface area (Å²) in [5, 5.41) is 14.4. The van der Waals surface area contributed by atoms with Crippen LogP contribution in [-0.4, -0.2) is 50.3 Å². The molecular formula is C16H21F6N5OS. The second-order valence-corrected chi connectivity index (χ2v) is 7.05. The summed E-state index contributed by atoms with van der Waals surface area (Å²) in [7, 11) is 0. The second-order valence-electron chi connectivity index (χ2n) is 7.05. The first kappa shape index (κ1) is 23.5. The van der Waals surface area contributed by atoms with E-state index in [0.717, 1.165) is 6.92 Å². The van der Waals surface area contributed by atoms with Crippen molar-refractivity contribution in [2.75, 3.05) is 10.6 Å². The molecule has 164 valence electrons. The maximum atomic E-state index is 14.3. The largest absolute Gasteiger partial charge is 0.408 e. The molecule has 0 spiro atoms. The Morgan fingerprint density at radius 3 is 2.34 bits per heavy atom. The second kappa shape index (κ2) is 8.54. The first-order chi connectivity index (χ1) is 12.9. The van der Waals surface area contributed by atoms with E-state index in [2.05, 4.69) is 25.6 Å². The minimum Gasteiger partial charge on any atom is -0.386 e. The van der Waals surface area contributed by atoms with Crippen molar-refractivity contribution in [1.29, 1.82) is 0 Å². The Morgan fingerprint density at radius 2 is 1.76 bits per heavy atom. The zero-order valence-electron chi connectivity index (χ0n) is 15.3. The van der Waals surface area contributed by atoms with E-state index in [1.54, 1.807) is 0 Å². The van der Waals surface area contributed by atoms with Gasteiger partial charge < -0.3 is 15.7 Å². The van der Waals surface area contributed by atoms with Crippen LogP contribution in [0.25, 0.3) is 5.57 Å². The minimum absolute atomic E-state index is 0. The van der Waals surface area contributed by atoms with E-state index in [9.17, 15) is 31.4 Å². The summed E-state index contributed by atoms with van der Waals surface area (Å²) in [6, 6.07) is -2.66.